The van der Waals surface area contributed by atoms with Crippen molar-refractivity contribution in [2.45, 2.75) is 45.6 Å². The van der Waals surface area contributed by atoms with Gasteiger partial charge in [-0.1, -0.05) is 12.0 Å². The second-order valence-electron chi connectivity index (χ2n) is 5.52. The van der Waals surface area contributed by atoms with Crippen LogP contribution in [-0.2, 0) is 4.79 Å². The lowest BCUT2D eigenvalue weighted by atomic mass is 9.92. The number of hydrogen-bond donors (Lipinski definition) is 1. The standard InChI is InChI=1S/C13H20O2/c1-8(2)7-13(3,15)12(14)11-9-5-4-6-10(9)11/h7,9-11,15H,4-6H2,1-3H3/t9-,10+,11?,13?. The van der Waals surface area contributed by atoms with Crippen molar-refractivity contribution < 1.29 is 9.90 Å². The van der Waals surface area contributed by atoms with Gasteiger partial charge in [-0.05, 0) is 51.5 Å². The first-order valence-electron chi connectivity index (χ1n) is 5.86. The van der Waals surface area contributed by atoms with E-state index in [4.69, 9.17) is 0 Å². The number of rotatable bonds is 3. The summed E-state index contributed by atoms with van der Waals surface area (Å²) in [5.74, 6) is 1.38. The van der Waals surface area contributed by atoms with E-state index in [0.29, 0.717) is 11.8 Å². The lowest BCUT2D eigenvalue weighted by molar-refractivity contribution is -0.133. The van der Waals surface area contributed by atoms with Gasteiger partial charge in [0.2, 0.25) is 0 Å². The Hall–Kier alpha value is -0.630. The highest BCUT2D eigenvalue weighted by atomic mass is 16.3. The Morgan fingerprint density at radius 2 is 1.87 bits per heavy atom. The lowest BCUT2D eigenvalue weighted by Crippen LogP contribution is -2.35. The van der Waals surface area contributed by atoms with E-state index in [9.17, 15) is 9.90 Å². The van der Waals surface area contributed by atoms with E-state index < -0.39 is 5.60 Å². The topological polar surface area (TPSA) is 37.3 Å². The SMILES string of the molecule is CC(C)=CC(C)(O)C(=O)C1[C@H]2CCC[C@@H]12. The number of fused-ring (bicyclic) bond motifs is 1. The molecule has 2 unspecified atom stereocenters. The zero-order valence-electron chi connectivity index (χ0n) is 9.79. The predicted molar refractivity (Wildman–Crippen MR) is 59.4 cm³/mol. The van der Waals surface area contributed by atoms with Crippen molar-refractivity contribution in [3.63, 3.8) is 0 Å². The summed E-state index contributed by atoms with van der Waals surface area (Å²) in [7, 11) is 0. The highest BCUT2D eigenvalue weighted by Gasteiger charge is 2.58. The van der Waals surface area contributed by atoms with E-state index in [0.717, 1.165) is 5.57 Å². The van der Waals surface area contributed by atoms with Gasteiger partial charge in [-0.15, -0.1) is 0 Å². The molecule has 0 aromatic rings. The normalized spacial score (nSPS) is 36.7. The molecule has 84 valence electrons. The molecule has 0 aromatic heterocycles. The van der Waals surface area contributed by atoms with E-state index >= 15 is 0 Å². The average Bonchev–Trinajstić information content (AvgIpc) is 2.54. The van der Waals surface area contributed by atoms with Crippen LogP contribution in [0, 0.1) is 17.8 Å². The van der Waals surface area contributed by atoms with Gasteiger partial charge in [0.05, 0.1) is 0 Å². The van der Waals surface area contributed by atoms with Gasteiger partial charge in [-0.3, -0.25) is 4.79 Å². The Bertz CT molecular complexity index is 300. The van der Waals surface area contributed by atoms with Gasteiger partial charge < -0.3 is 5.11 Å². The van der Waals surface area contributed by atoms with E-state index in [1.165, 1.54) is 19.3 Å². The summed E-state index contributed by atoms with van der Waals surface area (Å²) < 4.78 is 0. The summed E-state index contributed by atoms with van der Waals surface area (Å²) in [5.41, 5.74) is -0.243. The van der Waals surface area contributed by atoms with Crippen LogP contribution in [0.5, 0.6) is 0 Å². The average molecular weight is 208 g/mol. The fraction of sp³-hybridized carbons (Fsp3) is 0.769. The summed E-state index contributed by atoms with van der Waals surface area (Å²) in [6.07, 6.45) is 5.32. The van der Waals surface area contributed by atoms with Crippen LogP contribution in [0.4, 0.5) is 0 Å². The maximum absolute atomic E-state index is 12.1. The minimum absolute atomic E-state index is 0.0402. The second-order valence-corrected chi connectivity index (χ2v) is 5.52. The maximum atomic E-state index is 12.1. The summed E-state index contributed by atoms with van der Waals surface area (Å²) in [6.45, 7) is 5.45. The fourth-order valence-electron chi connectivity index (χ4n) is 3.18. The number of ketones is 1. The monoisotopic (exact) mass is 208 g/mol. The van der Waals surface area contributed by atoms with E-state index in [1.54, 1.807) is 13.0 Å². The van der Waals surface area contributed by atoms with Gasteiger partial charge in [-0.2, -0.15) is 0 Å². The molecule has 2 saturated carbocycles. The Morgan fingerprint density at radius 1 is 1.33 bits per heavy atom. The van der Waals surface area contributed by atoms with Crippen LogP contribution in [0.1, 0.15) is 40.0 Å². The second kappa shape index (κ2) is 3.44. The molecular formula is C13H20O2. The maximum Gasteiger partial charge on any atom is 0.171 e. The van der Waals surface area contributed by atoms with Crippen molar-refractivity contribution in [2.75, 3.05) is 0 Å². The molecule has 1 N–H and O–H groups in total. The van der Waals surface area contributed by atoms with Crippen molar-refractivity contribution >= 4 is 5.78 Å². The highest BCUT2D eigenvalue weighted by molar-refractivity contribution is 5.93. The van der Waals surface area contributed by atoms with Crippen LogP contribution >= 0.6 is 0 Å². The Kier molecular flexibility index (Phi) is 2.50. The van der Waals surface area contributed by atoms with Gasteiger partial charge >= 0.3 is 0 Å². The molecule has 0 saturated heterocycles. The largest absolute Gasteiger partial charge is 0.378 e. The molecule has 0 radical (unpaired) electrons. The third kappa shape index (κ3) is 1.87. The van der Waals surface area contributed by atoms with Crippen LogP contribution in [-0.4, -0.2) is 16.5 Å². The third-order valence-corrected chi connectivity index (χ3v) is 3.78. The first-order chi connectivity index (χ1) is 6.93. The van der Waals surface area contributed by atoms with Crippen LogP contribution in [0.15, 0.2) is 11.6 Å². The highest BCUT2D eigenvalue weighted by Crippen LogP contribution is 2.58. The molecule has 0 aromatic carbocycles. The van der Waals surface area contributed by atoms with E-state index in [-0.39, 0.29) is 11.7 Å². The minimum atomic E-state index is -1.24. The molecule has 2 rings (SSSR count). The molecule has 0 bridgehead atoms. The van der Waals surface area contributed by atoms with Crippen molar-refractivity contribution in [3.8, 4) is 0 Å². The first-order valence-corrected chi connectivity index (χ1v) is 5.86. The Morgan fingerprint density at radius 3 is 2.33 bits per heavy atom. The molecule has 2 fully saturated rings. The molecule has 4 atom stereocenters. The van der Waals surface area contributed by atoms with Gasteiger partial charge in [0.25, 0.3) is 0 Å². The van der Waals surface area contributed by atoms with Crippen molar-refractivity contribution in [2.24, 2.45) is 17.8 Å². The number of allylic oxidation sites excluding steroid dienone is 1. The van der Waals surface area contributed by atoms with Crippen LogP contribution in [0.3, 0.4) is 0 Å². The number of aliphatic hydroxyl groups is 1. The van der Waals surface area contributed by atoms with Crippen LogP contribution in [0.25, 0.3) is 0 Å². The summed E-state index contributed by atoms with van der Waals surface area (Å²) >= 11 is 0. The number of carbonyl (C=O) groups is 1. The first kappa shape index (κ1) is 10.9. The van der Waals surface area contributed by atoms with Gasteiger partial charge in [0, 0.05) is 5.92 Å². The Labute approximate surface area is 91.4 Å². The number of hydrogen-bond acceptors (Lipinski definition) is 2. The quantitative estimate of drug-likeness (QED) is 0.723. The van der Waals surface area contributed by atoms with Gasteiger partial charge in [-0.25, -0.2) is 0 Å². The molecule has 15 heavy (non-hydrogen) atoms. The zero-order chi connectivity index (χ0) is 11.2. The molecule has 2 aliphatic carbocycles. The summed E-state index contributed by atoms with van der Waals surface area (Å²) in [5, 5.41) is 10.1. The van der Waals surface area contributed by atoms with E-state index in [2.05, 4.69) is 0 Å². The third-order valence-electron chi connectivity index (χ3n) is 3.78. The fourth-order valence-corrected chi connectivity index (χ4v) is 3.18. The predicted octanol–water partition coefficient (Wildman–Crippen LogP) is 2.32. The molecule has 0 amide bonds. The zero-order valence-corrected chi connectivity index (χ0v) is 9.79. The van der Waals surface area contributed by atoms with Crippen LogP contribution in [0.2, 0.25) is 0 Å². The van der Waals surface area contributed by atoms with Crippen molar-refractivity contribution in [1.82, 2.24) is 0 Å². The van der Waals surface area contributed by atoms with E-state index in [1.807, 2.05) is 13.8 Å². The summed E-state index contributed by atoms with van der Waals surface area (Å²) in [4.78, 5) is 12.1. The lowest BCUT2D eigenvalue weighted by Gasteiger charge is -2.19. The van der Waals surface area contributed by atoms with Gasteiger partial charge in [0.1, 0.15) is 5.60 Å². The molecule has 0 aliphatic heterocycles. The summed E-state index contributed by atoms with van der Waals surface area (Å²) in [6, 6.07) is 0. The number of carbonyl (C=O) groups excluding carboxylic acids is 1. The molecule has 2 aliphatic rings. The molecule has 2 heteroatoms. The van der Waals surface area contributed by atoms with Crippen LogP contribution < -0.4 is 0 Å². The van der Waals surface area contributed by atoms with Crippen molar-refractivity contribution in [3.05, 3.63) is 11.6 Å². The number of Topliss-reactive ketones (excluding diaryl/α,β-unsaturated/α-hetero) is 1. The molecule has 0 spiro atoms. The smallest absolute Gasteiger partial charge is 0.171 e. The Balaban J connectivity index is 2.05. The van der Waals surface area contributed by atoms with Crippen molar-refractivity contribution in [1.29, 1.82) is 0 Å². The van der Waals surface area contributed by atoms with Gasteiger partial charge in [0.15, 0.2) is 5.78 Å². The molecule has 0 heterocycles. The minimum Gasteiger partial charge on any atom is -0.378 e. The molecule has 2 nitrogen and oxygen atoms in total. The molecular weight excluding hydrogens is 188 g/mol.